The molecule has 0 saturated heterocycles. The van der Waals surface area contributed by atoms with Gasteiger partial charge in [0.25, 0.3) is 0 Å². The lowest BCUT2D eigenvalue weighted by atomic mass is 9.90. The monoisotopic (exact) mass is 210 g/mol. The van der Waals surface area contributed by atoms with Gasteiger partial charge in [-0.15, -0.1) is 9.24 Å². The zero-order chi connectivity index (χ0) is 9.12. The molecule has 0 aromatic carbocycles. The number of hydrogen-bond donors (Lipinski definition) is 0. The average molecular weight is 210 g/mol. The summed E-state index contributed by atoms with van der Waals surface area (Å²) in [5.74, 6) is 0. The molecule has 0 rings (SSSR count). The van der Waals surface area contributed by atoms with Crippen molar-refractivity contribution in [1.29, 1.82) is 0 Å². The molecule has 0 aliphatic heterocycles. The lowest BCUT2D eigenvalue weighted by Gasteiger charge is -2.30. The fourth-order valence-corrected chi connectivity index (χ4v) is 4.94. The maximum atomic E-state index is 2.94. The van der Waals surface area contributed by atoms with Crippen LogP contribution in [0.1, 0.15) is 34.1 Å². The first-order valence-corrected chi connectivity index (χ1v) is 6.91. The Morgan fingerprint density at radius 3 is 1.91 bits per heavy atom. The highest BCUT2D eigenvalue weighted by Gasteiger charge is 2.25. The Hall–Kier alpha value is 1.13. The molecule has 0 amide bonds. The zero-order valence-corrected chi connectivity index (χ0v) is 10.9. The summed E-state index contributed by atoms with van der Waals surface area (Å²) >= 11 is 0. The van der Waals surface area contributed by atoms with Crippen molar-refractivity contribution in [1.82, 2.24) is 0 Å². The van der Waals surface area contributed by atoms with Crippen molar-refractivity contribution in [2.75, 3.05) is 6.26 Å². The highest BCUT2D eigenvalue weighted by atomic mass is 33.1. The summed E-state index contributed by atoms with van der Waals surface area (Å²) in [7, 11) is 6.73. The van der Waals surface area contributed by atoms with E-state index in [1.54, 1.807) is 0 Å². The van der Waals surface area contributed by atoms with Crippen molar-refractivity contribution in [2.45, 2.75) is 38.6 Å². The van der Waals surface area contributed by atoms with Gasteiger partial charge in [-0.25, -0.2) is 0 Å². The summed E-state index contributed by atoms with van der Waals surface area (Å²) in [4.78, 5) is 0. The van der Waals surface area contributed by atoms with Crippen LogP contribution in [0, 0.1) is 5.41 Å². The Morgan fingerprint density at radius 1 is 1.18 bits per heavy atom. The first kappa shape index (κ1) is 12.1. The summed E-state index contributed by atoms with van der Waals surface area (Å²) in [6, 6.07) is 0. The third-order valence-corrected chi connectivity index (χ3v) is 4.56. The second-order valence-corrected chi connectivity index (χ2v) is 8.93. The van der Waals surface area contributed by atoms with Gasteiger partial charge in [-0.05, 0) is 25.0 Å². The Kier molecular flexibility index (Phi) is 4.84. The predicted molar refractivity (Wildman–Crippen MR) is 63.3 cm³/mol. The van der Waals surface area contributed by atoms with Gasteiger partial charge < -0.3 is 0 Å². The number of hydrogen-bond acceptors (Lipinski definition) is 2. The van der Waals surface area contributed by atoms with E-state index < -0.39 is 0 Å². The van der Waals surface area contributed by atoms with Crippen LogP contribution >= 0.6 is 30.8 Å². The Labute approximate surface area is 81.3 Å². The Bertz CT molecular complexity index is 116. The normalized spacial score (nSPS) is 18.0. The van der Waals surface area contributed by atoms with Crippen LogP contribution in [0.4, 0.5) is 0 Å². The van der Waals surface area contributed by atoms with Crippen LogP contribution in [0.3, 0.4) is 0 Å². The molecule has 0 nitrogen and oxygen atoms in total. The van der Waals surface area contributed by atoms with E-state index in [4.69, 9.17) is 0 Å². The summed E-state index contributed by atoms with van der Waals surface area (Å²) in [6.45, 7) is 9.15. The number of rotatable bonds is 3. The SMILES string of the molecule is CSSC(C)(P)CC(C)(C)C. The molecule has 68 valence electrons. The third-order valence-electron chi connectivity index (χ3n) is 1.16. The quantitative estimate of drug-likeness (QED) is 0.509. The van der Waals surface area contributed by atoms with E-state index in [9.17, 15) is 0 Å². The van der Waals surface area contributed by atoms with Crippen molar-refractivity contribution >= 4 is 30.8 Å². The van der Waals surface area contributed by atoms with Crippen LogP contribution in [0.25, 0.3) is 0 Å². The fraction of sp³-hybridized carbons (Fsp3) is 1.00. The zero-order valence-electron chi connectivity index (χ0n) is 8.10. The summed E-state index contributed by atoms with van der Waals surface area (Å²) in [6.07, 6.45) is 3.37. The molecular weight excluding hydrogens is 191 g/mol. The molecular formula is C8H19PS2. The third kappa shape index (κ3) is 7.49. The molecule has 3 heteroatoms. The molecule has 2 atom stereocenters. The summed E-state index contributed by atoms with van der Waals surface area (Å²) in [5, 5.41) is 0. The molecule has 0 spiro atoms. The van der Waals surface area contributed by atoms with Crippen molar-refractivity contribution in [3.8, 4) is 0 Å². The standard InChI is InChI=1S/C8H19PS2/c1-7(2,3)6-8(4,9)11-10-5/h6,9H2,1-5H3. The summed E-state index contributed by atoms with van der Waals surface area (Å²) in [5.41, 5.74) is 0.430. The highest BCUT2D eigenvalue weighted by molar-refractivity contribution is 8.77. The second kappa shape index (κ2) is 4.39. The van der Waals surface area contributed by atoms with E-state index in [-0.39, 0.29) is 0 Å². The van der Waals surface area contributed by atoms with Gasteiger partial charge in [-0.2, -0.15) is 0 Å². The molecule has 0 aromatic rings. The molecule has 0 bridgehead atoms. The van der Waals surface area contributed by atoms with Gasteiger partial charge >= 0.3 is 0 Å². The highest BCUT2D eigenvalue weighted by Crippen LogP contribution is 2.46. The average Bonchev–Trinajstić information content (AvgIpc) is 1.55. The van der Waals surface area contributed by atoms with Crippen LogP contribution in [0.5, 0.6) is 0 Å². The predicted octanol–water partition coefficient (Wildman–Crippen LogP) is 4.03. The van der Waals surface area contributed by atoms with Crippen molar-refractivity contribution < 1.29 is 0 Å². The van der Waals surface area contributed by atoms with Gasteiger partial charge in [0, 0.05) is 4.49 Å². The van der Waals surface area contributed by atoms with E-state index >= 15 is 0 Å². The van der Waals surface area contributed by atoms with Crippen LogP contribution < -0.4 is 0 Å². The molecule has 0 aliphatic carbocycles. The maximum absolute atomic E-state index is 2.94. The Morgan fingerprint density at radius 2 is 1.64 bits per heavy atom. The van der Waals surface area contributed by atoms with Gasteiger partial charge in [0.1, 0.15) is 0 Å². The lowest BCUT2D eigenvalue weighted by Crippen LogP contribution is -2.19. The minimum Gasteiger partial charge on any atom is -0.120 e. The second-order valence-electron chi connectivity index (χ2n) is 4.30. The van der Waals surface area contributed by atoms with Gasteiger partial charge in [-0.3, -0.25) is 0 Å². The van der Waals surface area contributed by atoms with Crippen LogP contribution in [-0.4, -0.2) is 10.7 Å². The fourth-order valence-electron chi connectivity index (χ4n) is 1.27. The molecule has 0 saturated carbocycles. The molecule has 0 heterocycles. The first-order valence-electron chi connectivity index (χ1n) is 3.77. The smallest absolute Gasteiger partial charge is 0.0380 e. The van der Waals surface area contributed by atoms with Crippen LogP contribution in [-0.2, 0) is 0 Å². The molecule has 0 aromatic heterocycles. The van der Waals surface area contributed by atoms with Crippen LogP contribution in [0.2, 0.25) is 0 Å². The topological polar surface area (TPSA) is 0 Å². The van der Waals surface area contributed by atoms with E-state index in [0.717, 1.165) is 0 Å². The molecule has 0 N–H and O–H groups in total. The Balaban J connectivity index is 3.91. The molecule has 0 radical (unpaired) electrons. The van der Waals surface area contributed by atoms with E-state index in [2.05, 4.69) is 43.2 Å². The van der Waals surface area contributed by atoms with Crippen molar-refractivity contribution in [2.24, 2.45) is 5.41 Å². The maximum Gasteiger partial charge on any atom is 0.0380 e. The van der Waals surface area contributed by atoms with Gasteiger partial charge in [0.15, 0.2) is 0 Å². The van der Waals surface area contributed by atoms with E-state index in [1.165, 1.54) is 6.42 Å². The first-order chi connectivity index (χ1) is 4.77. The van der Waals surface area contributed by atoms with E-state index in [1.807, 2.05) is 21.6 Å². The van der Waals surface area contributed by atoms with Crippen molar-refractivity contribution in [3.63, 3.8) is 0 Å². The molecule has 0 fully saturated rings. The molecule has 2 unspecified atom stereocenters. The van der Waals surface area contributed by atoms with E-state index in [0.29, 0.717) is 9.90 Å². The molecule has 11 heavy (non-hydrogen) atoms. The summed E-state index contributed by atoms with van der Waals surface area (Å²) < 4.78 is 0.331. The van der Waals surface area contributed by atoms with Crippen LogP contribution in [0.15, 0.2) is 0 Å². The minimum absolute atomic E-state index is 0.331. The van der Waals surface area contributed by atoms with Gasteiger partial charge in [0.2, 0.25) is 0 Å². The van der Waals surface area contributed by atoms with Gasteiger partial charge in [-0.1, -0.05) is 42.4 Å². The lowest BCUT2D eigenvalue weighted by molar-refractivity contribution is 0.369. The van der Waals surface area contributed by atoms with Gasteiger partial charge in [0.05, 0.1) is 0 Å². The van der Waals surface area contributed by atoms with Crippen molar-refractivity contribution in [3.05, 3.63) is 0 Å². The minimum atomic E-state index is 0.331. The largest absolute Gasteiger partial charge is 0.120 e. The molecule has 0 aliphatic rings.